The molecule has 5 heteroatoms. The summed E-state index contributed by atoms with van der Waals surface area (Å²) in [6.07, 6.45) is 7.33. The third-order valence-corrected chi connectivity index (χ3v) is 4.99. The van der Waals surface area contributed by atoms with Gasteiger partial charge in [0.25, 0.3) is 0 Å². The molecule has 1 atom stereocenters. The average Bonchev–Trinajstić information content (AvgIpc) is 3.04. The molecule has 0 amide bonds. The zero-order chi connectivity index (χ0) is 19.2. The molecule has 27 heavy (non-hydrogen) atoms. The number of aromatic nitrogens is 2. The summed E-state index contributed by atoms with van der Waals surface area (Å²) < 4.78 is 5.53. The second kappa shape index (κ2) is 8.59. The molecule has 1 aliphatic carbocycles. The van der Waals surface area contributed by atoms with Crippen LogP contribution in [0.25, 0.3) is 16.8 Å². The summed E-state index contributed by atoms with van der Waals surface area (Å²) in [5, 5.41) is 9.72. The fourth-order valence-corrected chi connectivity index (χ4v) is 3.42. The van der Waals surface area contributed by atoms with E-state index in [1.54, 1.807) is 6.20 Å². The van der Waals surface area contributed by atoms with Crippen LogP contribution in [0.15, 0.2) is 42.4 Å². The summed E-state index contributed by atoms with van der Waals surface area (Å²) in [4.78, 5) is 21.2. The van der Waals surface area contributed by atoms with Gasteiger partial charge >= 0.3 is 5.97 Å². The van der Waals surface area contributed by atoms with Crippen LogP contribution in [0.5, 0.6) is 0 Å². The highest BCUT2D eigenvalue weighted by Crippen LogP contribution is 2.43. The Kier molecular flexibility index (Phi) is 5.97. The zero-order valence-corrected chi connectivity index (χ0v) is 15.7. The first-order valence-electron chi connectivity index (χ1n) is 9.42. The molecule has 0 aliphatic heterocycles. The molecule has 5 nitrogen and oxygen atoms in total. The Hall–Kier alpha value is -3.00. The van der Waals surface area contributed by atoms with Crippen molar-refractivity contribution >= 4 is 11.5 Å². The van der Waals surface area contributed by atoms with Crippen molar-refractivity contribution in [3.8, 4) is 17.3 Å². The van der Waals surface area contributed by atoms with Gasteiger partial charge in [0.05, 0.1) is 12.3 Å². The Morgan fingerprint density at radius 3 is 2.70 bits per heavy atom. The van der Waals surface area contributed by atoms with Crippen molar-refractivity contribution in [2.45, 2.75) is 39.5 Å². The summed E-state index contributed by atoms with van der Waals surface area (Å²) in [5.41, 5.74) is 3.74. The number of esters is 1. The van der Waals surface area contributed by atoms with Crippen molar-refractivity contribution < 1.29 is 9.53 Å². The lowest BCUT2D eigenvalue weighted by atomic mass is 9.99. The molecule has 1 aliphatic rings. The molecule has 3 rings (SSSR count). The van der Waals surface area contributed by atoms with E-state index in [2.05, 4.69) is 29.9 Å². The SMILES string of the molecule is CCCCC(CC)COC(=O)/C(C#N)=C1/c2ccccc2-c2ncncc21. The smallest absolute Gasteiger partial charge is 0.349 e. The molecule has 1 heterocycles. The van der Waals surface area contributed by atoms with Crippen LogP contribution in [0.4, 0.5) is 0 Å². The van der Waals surface area contributed by atoms with Crippen molar-refractivity contribution in [1.29, 1.82) is 5.26 Å². The Balaban J connectivity index is 1.93. The third-order valence-electron chi connectivity index (χ3n) is 4.99. The predicted octanol–water partition coefficient (Wildman–Crippen LogP) is 4.54. The molecule has 0 spiro atoms. The van der Waals surface area contributed by atoms with Crippen molar-refractivity contribution in [3.05, 3.63) is 53.5 Å². The number of hydrogen-bond acceptors (Lipinski definition) is 5. The van der Waals surface area contributed by atoms with E-state index in [0.29, 0.717) is 23.7 Å². The van der Waals surface area contributed by atoms with Crippen molar-refractivity contribution in [3.63, 3.8) is 0 Å². The molecule has 1 aromatic carbocycles. The van der Waals surface area contributed by atoms with Gasteiger partial charge in [0.15, 0.2) is 0 Å². The Morgan fingerprint density at radius 1 is 1.22 bits per heavy atom. The summed E-state index contributed by atoms with van der Waals surface area (Å²) >= 11 is 0. The number of hydrogen-bond donors (Lipinski definition) is 0. The van der Waals surface area contributed by atoms with Gasteiger partial charge in [0, 0.05) is 22.9 Å². The third kappa shape index (κ3) is 3.75. The fourth-order valence-electron chi connectivity index (χ4n) is 3.42. The summed E-state index contributed by atoms with van der Waals surface area (Å²) in [5.74, 6) is -0.251. The lowest BCUT2D eigenvalue weighted by Gasteiger charge is -2.15. The van der Waals surface area contributed by atoms with Gasteiger partial charge in [-0.15, -0.1) is 0 Å². The first-order valence-corrected chi connectivity index (χ1v) is 9.42. The lowest BCUT2D eigenvalue weighted by molar-refractivity contribution is -0.139. The van der Waals surface area contributed by atoms with E-state index in [1.807, 2.05) is 24.3 Å². The highest BCUT2D eigenvalue weighted by Gasteiger charge is 2.30. The van der Waals surface area contributed by atoms with Crippen molar-refractivity contribution in [2.24, 2.45) is 5.92 Å². The maximum Gasteiger partial charge on any atom is 0.349 e. The molecule has 138 valence electrons. The van der Waals surface area contributed by atoms with Gasteiger partial charge < -0.3 is 4.74 Å². The first-order chi connectivity index (χ1) is 13.2. The highest BCUT2D eigenvalue weighted by molar-refractivity contribution is 6.11. The molecule has 1 unspecified atom stereocenters. The van der Waals surface area contributed by atoms with Crippen LogP contribution in [0.2, 0.25) is 0 Å². The minimum Gasteiger partial charge on any atom is -0.461 e. The highest BCUT2D eigenvalue weighted by atomic mass is 16.5. The number of carbonyl (C=O) groups is 1. The van der Waals surface area contributed by atoms with Crippen LogP contribution >= 0.6 is 0 Å². The molecular weight excluding hydrogens is 338 g/mol. The Labute approximate surface area is 159 Å². The predicted molar refractivity (Wildman–Crippen MR) is 103 cm³/mol. The van der Waals surface area contributed by atoms with Crippen LogP contribution in [-0.4, -0.2) is 22.5 Å². The number of nitriles is 1. The molecule has 2 aromatic rings. The minimum absolute atomic E-state index is 0.0151. The van der Waals surface area contributed by atoms with Crippen molar-refractivity contribution in [2.75, 3.05) is 6.61 Å². The Bertz CT molecular complexity index is 864. The van der Waals surface area contributed by atoms with Gasteiger partial charge in [-0.05, 0) is 17.9 Å². The largest absolute Gasteiger partial charge is 0.461 e. The van der Waals surface area contributed by atoms with Gasteiger partial charge in [-0.2, -0.15) is 5.26 Å². The maximum atomic E-state index is 12.7. The molecule has 0 N–H and O–H groups in total. The van der Waals surface area contributed by atoms with Gasteiger partial charge in [-0.3, -0.25) is 0 Å². The molecule has 0 radical (unpaired) electrons. The van der Waals surface area contributed by atoms with E-state index in [0.717, 1.165) is 42.5 Å². The second-order valence-electron chi connectivity index (χ2n) is 6.71. The maximum absolute atomic E-state index is 12.7. The quantitative estimate of drug-likeness (QED) is 0.351. The number of nitrogens with zero attached hydrogens (tertiary/aromatic N) is 3. The number of rotatable bonds is 7. The van der Waals surface area contributed by atoms with Crippen molar-refractivity contribution in [1.82, 2.24) is 9.97 Å². The first kappa shape index (κ1) is 18.8. The molecule has 0 saturated heterocycles. The molecule has 0 fully saturated rings. The van der Waals surface area contributed by atoms with E-state index >= 15 is 0 Å². The topological polar surface area (TPSA) is 75.9 Å². The summed E-state index contributed by atoms with van der Waals surface area (Å²) in [6, 6.07) is 9.69. The number of unbranched alkanes of at least 4 members (excludes halogenated alkanes) is 1. The van der Waals surface area contributed by atoms with Crippen LogP contribution in [0, 0.1) is 17.2 Å². The monoisotopic (exact) mass is 361 g/mol. The fraction of sp³-hybridized carbons (Fsp3) is 0.364. The molecule has 0 bridgehead atoms. The molecule has 1 aromatic heterocycles. The average molecular weight is 361 g/mol. The number of ether oxygens (including phenoxy) is 1. The number of benzene rings is 1. The summed E-state index contributed by atoms with van der Waals surface area (Å²) in [7, 11) is 0. The van der Waals surface area contributed by atoms with Gasteiger partial charge in [0.2, 0.25) is 0 Å². The normalized spacial score (nSPS) is 14.7. The van der Waals surface area contributed by atoms with E-state index in [1.165, 1.54) is 6.33 Å². The molecular formula is C22H23N3O2. The van der Waals surface area contributed by atoms with Crippen LogP contribution in [0.3, 0.4) is 0 Å². The van der Waals surface area contributed by atoms with E-state index < -0.39 is 5.97 Å². The zero-order valence-electron chi connectivity index (χ0n) is 15.7. The lowest BCUT2D eigenvalue weighted by Crippen LogP contribution is -2.16. The van der Waals surface area contributed by atoms with Crippen LogP contribution < -0.4 is 0 Å². The number of fused-ring (bicyclic) bond motifs is 3. The summed E-state index contributed by atoms with van der Waals surface area (Å²) in [6.45, 7) is 4.58. The minimum atomic E-state index is -0.575. The Morgan fingerprint density at radius 2 is 2.00 bits per heavy atom. The standard InChI is InChI=1S/C22H23N3O2/c1-3-5-8-15(4-2)13-27-22(26)18(11-23)20-16-9-6-7-10-17(16)21-19(20)12-24-14-25-21/h6-7,9-10,12,14-15H,3-5,8,13H2,1-2H3/b20-18-. The van der Waals surface area contributed by atoms with E-state index in [-0.39, 0.29) is 5.57 Å². The van der Waals surface area contributed by atoms with Gasteiger partial charge in [-0.1, -0.05) is 57.4 Å². The van der Waals surface area contributed by atoms with Gasteiger partial charge in [-0.25, -0.2) is 14.8 Å². The number of carbonyl (C=O) groups excluding carboxylic acids is 1. The van der Waals surface area contributed by atoms with Crippen LogP contribution in [0.1, 0.15) is 50.7 Å². The van der Waals surface area contributed by atoms with Crippen LogP contribution in [-0.2, 0) is 9.53 Å². The molecule has 0 saturated carbocycles. The van der Waals surface area contributed by atoms with E-state index in [4.69, 9.17) is 4.74 Å². The second-order valence-corrected chi connectivity index (χ2v) is 6.71. The van der Waals surface area contributed by atoms with E-state index in [9.17, 15) is 10.1 Å². The van der Waals surface area contributed by atoms with Gasteiger partial charge in [0.1, 0.15) is 18.0 Å².